The summed E-state index contributed by atoms with van der Waals surface area (Å²) in [5, 5.41) is 8.84. The Balaban J connectivity index is 2.04. The summed E-state index contributed by atoms with van der Waals surface area (Å²) in [6, 6.07) is 0. The van der Waals surface area contributed by atoms with Gasteiger partial charge in [-0.15, -0.1) is 0 Å². The first-order valence-corrected chi connectivity index (χ1v) is 6.12. The van der Waals surface area contributed by atoms with Gasteiger partial charge in [-0.25, -0.2) is 0 Å². The number of carbonyl (C=O) groups is 1. The normalized spacial score (nSPS) is 19.8. The van der Waals surface area contributed by atoms with Crippen molar-refractivity contribution in [3.63, 3.8) is 0 Å². The molecule has 1 saturated carbocycles. The average molecular weight is 228 g/mol. The molecule has 0 radical (unpaired) electrons. The van der Waals surface area contributed by atoms with Crippen molar-refractivity contribution in [2.45, 2.75) is 44.6 Å². The molecule has 4 heteroatoms. The second kappa shape index (κ2) is 5.64. The summed E-state index contributed by atoms with van der Waals surface area (Å²) in [7, 11) is 2.14. The van der Waals surface area contributed by atoms with Gasteiger partial charge in [0.2, 0.25) is 0 Å². The Morgan fingerprint density at radius 1 is 1.50 bits per heavy atom. The lowest BCUT2D eigenvalue weighted by Crippen LogP contribution is -2.44. The first-order chi connectivity index (χ1) is 7.42. The van der Waals surface area contributed by atoms with Crippen LogP contribution in [0.25, 0.3) is 0 Å². The minimum Gasteiger partial charge on any atom is -0.480 e. The van der Waals surface area contributed by atoms with Crippen LogP contribution < -0.4 is 5.73 Å². The lowest BCUT2D eigenvalue weighted by atomic mass is 9.96. The van der Waals surface area contributed by atoms with Crippen LogP contribution in [0.15, 0.2) is 0 Å². The van der Waals surface area contributed by atoms with E-state index < -0.39 is 11.5 Å². The summed E-state index contributed by atoms with van der Waals surface area (Å²) in [6.07, 6.45) is 5.23. The Labute approximate surface area is 97.8 Å². The maximum atomic E-state index is 10.8. The Morgan fingerprint density at radius 2 is 2.12 bits per heavy atom. The monoisotopic (exact) mass is 228 g/mol. The van der Waals surface area contributed by atoms with E-state index in [1.54, 1.807) is 6.92 Å². The number of unbranched alkanes of at least 4 members (excludes halogenated alkanes) is 1. The standard InChI is InChI=1S/C12H24N2O2/c1-12(13,11(15)16)7-3-4-8-14(2)9-10-5-6-10/h10H,3-9,13H2,1-2H3,(H,15,16). The van der Waals surface area contributed by atoms with Crippen LogP contribution >= 0.6 is 0 Å². The smallest absolute Gasteiger partial charge is 0.323 e. The minimum absolute atomic E-state index is 0.555. The van der Waals surface area contributed by atoms with E-state index in [1.807, 2.05) is 0 Å². The van der Waals surface area contributed by atoms with Crippen LogP contribution in [0.5, 0.6) is 0 Å². The van der Waals surface area contributed by atoms with Gasteiger partial charge in [-0.05, 0) is 58.5 Å². The Hall–Kier alpha value is -0.610. The number of nitrogens with zero attached hydrogens (tertiary/aromatic N) is 1. The van der Waals surface area contributed by atoms with E-state index in [0.29, 0.717) is 6.42 Å². The van der Waals surface area contributed by atoms with Gasteiger partial charge in [-0.1, -0.05) is 0 Å². The number of hydrogen-bond acceptors (Lipinski definition) is 3. The van der Waals surface area contributed by atoms with Crippen LogP contribution in [-0.4, -0.2) is 41.7 Å². The van der Waals surface area contributed by atoms with Crippen LogP contribution in [0.4, 0.5) is 0 Å². The molecule has 0 spiro atoms. The molecule has 0 aromatic heterocycles. The predicted octanol–water partition coefficient (Wildman–Crippen LogP) is 1.30. The minimum atomic E-state index is -1.06. The molecule has 0 aromatic carbocycles. The lowest BCUT2D eigenvalue weighted by Gasteiger charge is -2.20. The fraction of sp³-hybridized carbons (Fsp3) is 0.917. The summed E-state index contributed by atoms with van der Waals surface area (Å²) >= 11 is 0. The van der Waals surface area contributed by atoms with Gasteiger partial charge in [-0.3, -0.25) is 4.79 Å². The molecule has 0 aliphatic heterocycles. The van der Waals surface area contributed by atoms with Gasteiger partial charge in [0.25, 0.3) is 0 Å². The molecule has 16 heavy (non-hydrogen) atoms. The van der Waals surface area contributed by atoms with Crippen molar-refractivity contribution in [1.82, 2.24) is 4.90 Å². The van der Waals surface area contributed by atoms with Crippen LogP contribution in [0.1, 0.15) is 39.0 Å². The van der Waals surface area contributed by atoms with E-state index in [-0.39, 0.29) is 0 Å². The molecule has 0 bridgehead atoms. The van der Waals surface area contributed by atoms with E-state index >= 15 is 0 Å². The van der Waals surface area contributed by atoms with Crippen molar-refractivity contribution in [3.05, 3.63) is 0 Å². The Bertz CT molecular complexity index is 237. The third-order valence-electron chi connectivity index (χ3n) is 3.24. The molecule has 1 aliphatic rings. The van der Waals surface area contributed by atoms with Crippen LogP contribution in [-0.2, 0) is 4.79 Å². The van der Waals surface area contributed by atoms with E-state index in [2.05, 4.69) is 11.9 Å². The summed E-state index contributed by atoms with van der Waals surface area (Å²) < 4.78 is 0. The largest absolute Gasteiger partial charge is 0.480 e. The number of rotatable bonds is 8. The molecule has 1 unspecified atom stereocenters. The second-order valence-corrected chi connectivity index (χ2v) is 5.39. The zero-order valence-electron chi connectivity index (χ0n) is 10.4. The van der Waals surface area contributed by atoms with Crippen molar-refractivity contribution >= 4 is 5.97 Å². The van der Waals surface area contributed by atoms with Gasteiger partial charge < -0.3 is 15.7 Å². The molecule has 94 valence electrons. The third kappa shape index (κ3) is 4.94. The van der Waals surface area contributed by atoms with E-state index in [9.17, 15) is 4.79 Å². The van der Waals surface area contributed by atoms with Gasteiger partial charge in [0.05, 0.1) is 0 Å². The maximum absolute atomic E-state index is 10.8. The van der Waals surface area contributed by atoms with Gasteiger partial charge in [0.1, 0.15) is 5.54 Å². The van der Waals surface area contributed by atoms with Crippen molar-refractivity contribution in [2.75, 3.05) is 20.1 Å². The van der Waals surface area contributed by atoms with Gasteiger partial charge in [-0.2, -0.15) is 0 Å². The summed E-state index contributed by atoms with van der Waals surface area (Å²) in [6.45, 7) is 3.83. The SMILES string of the molecule is CN(CCCCC(C)(N)C(=O)O)CC1CC1. The molecular weight excluding hydrogens is 204 g/mol. The summed E-state index contributed by atoms with van der Waals surface area (Å²) in [5.41, 5.74) is 4.59. The van der Waals surface area contributed by atoms with E-state index in [4.69, 9.17) is 10.8 Å². The molecule has 1 aliphatic carbocycles. The third-order valence-corrected chi connectivity index (χ3v) is 3.24. The molecule has 1 fully saturated rings. The molecule has 0 heterocycles. The number of aliphatic carboxylic acids is 1. The maximum Gasteiger partial charge on any atom is 0.323 e. The zero-order valence-corrected chi connectivity index (χ0v) is 10.4. The second-order valence-electron chi connectivity index (χ2n) is 5.39. The quantitative estimate of drug-likeness (QED) is 0.615. The van der Waals surface area contributed by atoms with Crippen LogP contribution in [0.2, 0.25) is 0 Å². The topological polar surface area (TPSA) is 66.6 Å². The van der Waals surface area contributed by atoms with Gasteiger partial charge >= 0.3 is 5.97 Å². The highest BCUT2D eigenvalue weighted by Gasteiger charge is 2.27. The first kappa shape index (κ1) is 13.5. The number of carboxylic acid groups (broad SMARTS) is 1. The molecule has 0 aromatic rings. The fourth-order valence-electron chi connectivity index (χ4n) is 1.81. The molecular formula is C12H24N2O2. The highest BCUT2D eigenvalue weighted by atomic mass is 16.4. The van der Waals surface area contributed by atoms with Crippen LogP contribution in [0, 0.1) is 5.92 Å². The van der Waals surface area contributed by atoms with E-state index in [0.717, 1.165) is 25.3 Å². The molecule has 1 atom stereocenters. The first-order valence-electron chi connectivity index (χ1n) is 6.12. The van der Waals surface area contributed by atoms with Crippen molar-refractivity contribution in [2.24, 2.45) is 11.7 Å². The highest BCUT2D eigenvalue weighted by Crippen LogP contribution is 2.29. The molecule has 0 saturated heterocycles. The van der Waals surface area contributed by atoms with Crippen molar-refractivity contribution in [1.29, 1.82) is 0 Å². The summed E-state index contributed by atoms with van der Waals surface area (Å²) in [4.78, 5) is 13.1. The number of hydrogen-bond donors (Lipinski definition) is 2. The molecule has 4 nitrogen and oxygen atoms in total. The Kier molecular flexibility index (Phi) is 4.74. The molecule has 1 rings (SSSR count). The fourth-order valence-corrected chi connectivity index (χ4v) is 1.81. The number of nitrogens with two attached hydrogens (primary N) is 1. The summed E-state index contributed by atoms with van der Waals surface area (Å²) in [5.74, 6) is 0.0163. The zero-order chi connectivity index (χ0) is 12.2. The van der Waals surface area contributed by atoms with Crippen molar-refractivity contribution in [3.8, 4) is 0 Å². The lowest BCUT2D eigenvalue weighted by molar-refractivity contribution is -0.142. The predicted molar refractivity (Wildman–Crippen MR) is 64.3 cm³/mol. The van der Waals surface area contributed by atoms with Crippen LogP contribution in [0.3, 0.4) is 0 Å². The molecule has 3 N–H and O–H groups in total. The Morgan fingerprint density at radius 3 is 2.62 bits per heavy atom. The van der Waals surface area contributed by atoms with E-state index in [1.165, 1.54) is 19.4 Å². The molecule has 0 amide bonds. The average Bonchev–Trinajstić information content (AvgIpc) is 2.96. The van der Waals surface area contributed by atoms with Crippen molar-refractivity contribution < 1.29 is 9.90 Å². The van der Waals surface area contributed by atoms with Gasteiger partial charge in [0.15, 0.2) is 0 Å². The van der Waals surface area contributed by atoms with Gasteiger partial charge in [0, 0.05) is 6.54 Å². The number of carboxylic acids is 1. The highest BCUT2D eigenvalue weighted by molar-refractivity contribution is 5.77.